The van der Waals surface area contributed by atoms with Crippen molar-refractivity contribution in [1.82, 2.24) is 43.0 Å². The molecule has 0 amide bonds. The van der Waals surface area contributed by atoms with E-state index in [4.69, 9.17) is 45.1 Å². The minimum Gasteiger partial charge on any atom is -0.354 e. The second-order valence-electron chi connectivity index (χ2n) is 14.5. The third kappa shape index (κ3) is 8.77. The van der Waals surface area contributed by atoms with Crippen LogP contribution in [0, 0.1) is 10.8 Å². The zero-order chi connectivity index (χ0) is 40.2. The summed E-state index contributed by atoms with van der Waals surface area (Å²) in [6.07, 6.45) is 3.22. The molecule has 0 radical (unpaired) electrons. The highest BCUT2D eigenvalue weighted by Gasteiger charge is 2.56. The van der Waals surface area contributed by atoms with Gasteiger partial charge in [0.05, 0.1) is 23.1 Å². The molecule has 2 saturated heterocycles. The number of fused-ring (bicyclic) bond motifs is 2. The molecule has 4 aromatic heterocycles. The van der Waals surface area contributed by atoms with E-state index in [1.54, 1.807) is 17.0 Å². The summed E-state index contributed by atoms with van der Waals surface area (Å²) < 4.78 is 101. The van der Waals surface area contributed by atoms with Crippen molar-refractivity contribution in [3.8, 4) is 0 Å². The SMILES string of the molecule is Cn1cc(Cl)c2ncnc(Cl)c21.Cn1cc(Cl)c2ncnc(N3CC4(CC(N(CC(F)F)S(N)(=O)=O)C4)C3)c21.NS(=O)(=O)N(CC(F)F)C1CC2(CNC2)C1. The molecule has 4 fully saturated rings. The fraction of sp³-hybridized carbons (Fsp3) is 0.600. The summed E-state index contributed by atoms with van der Waals surface area (Å²) >= 11 is 17.9. The maximum absolute atomic E-state index is 12.7. The molecule has 2 aliphatic carbocycles. The fourth-order valence-electron chi connectivity index (χ4n) is 7.96. The molecule has 4 aliphatic rings. The van der Waals surface area contributed by atoms with Crippen LogP contribution in [0.25, 0.3) is 22.1 Å². The number of rotatable bonds is 9. The summed E-state index contributed by atoms with van der Waals surface area (Å²) in [5.41, 5.74) is 3.01. The summed E-state index contributed by atoms with van der Waals surface area (Å²) in [6.45, 7) is 1.37. The number of nitrogens with two attached hydrogens (primary N) is 2. The van der Waals surface area contributed by atoms with Crippen LogP contribution in [0.5, 0.6) is 0 Å². The lowest BCUT2D eigenvalue weighted by atomic mass is 9.60. The van der Waals surface area contributed by atoms with Gasteiger partial charge in [0.2, 0.25) is 0 Å². The van der Waals surface area contributed by atoms with E-state index in [1.807, 2.05) is 18.7 Å². The lowest BCUT2D eigenvalue weighted by molar-refractivity contribution is -0.0203. The molecule has 5 N–H and O–H groups in total. The maximum atomic E-state index is 12.7. The molecule has 2 spiro atoms. The van der Waals surface area contributed by atoms with Gasteiger partial charge in [0.15, 0.2) is 11.0 Å². The van der Waals surface area contributed by atoms with E-state index in [9.17, 15) is 34.4 Å². The number of alkyl halides is 4. The number of anilines is 1. The first kappa shape index (κ1) is 41.9. The van der Waals surface area contributed by atoms with Crippen molar-refractivity contribution in [2.75, 3.05) is 44.2 Å². The molecule has 2 aliphatic heterocycles. The average Bonchev–Trinajstić information content (AvgIpc) is 3.46. The Hall–Kier alpha value is -2.67. The first-order valence-electron chi connectivity index (χ1n) is 16.8. The van der Waals surface area contributed by atoms with Crippen molar-refractivity contribution < 1.29 is 34.4 Å². The highest BCUT2D eigenvalue weighted by Crippen LogP contribution is 2.52. The Morgan fingerprint density at radius 3 is 1.62 bits per heavy atom. The molecule has 16 nitrogen and oxygen atoms in total. The van der Waals surface area contributed by atoms with Crippen LogP contribution >= 0.6 is 34.8 Å². The van der Waals surface area contributed by atoms with Crippen LogP contribution in [-0.4, -0.2) is 119 Å². The van der Waals surface area contributed by atoms with Crippen LogP contribution in [0.3, 0.4) is 0 Å². The van der Waals surface area contributed by atoms with Crippen LogP contribution in [0.15, 0.2) is 25.0 Å². The third-order valence-electron chi connectivity index (χ3n) is 10.5. The Bertz CT molecular complexity index is 2260. The van der Waals surface area contributed by atoms with Gasteiger partial charge in [-0.25, -0.2) is 47.8 Å². The fourth-order valence-corrected chi connectivity index (χ4v) is 10.6. The van der Waals surface area contributed by atoms with Crippen LogP contribution in [0.2, 0.25) is 15.2 Å². The van der Waals surface area contributed by atoms with Crippen molar-refractivity contribution in [3.63, 3.8) is 0 Å². The lowest BCUT2D eigenvalue weighted by Crippen LogP contribution is -2.68. The predicted molar refractivity (Wildman–Crippen MR) is 200 cm³/mol. The van der Waals surface area contributed by atoms with Crippen molar-refractivity contribution in [2.24, 2.45) is 35.2 Å². The summed E-state index contributed by atoms with van der Waals surface area (Å²) in [5, 5.41) is 14.7. The number of aryl methyl sites for hydroxylation is 2. The molecule has 25 heteroatoms. The quantitative estimate of drug-likeness (QED) is 0.166. The van der Waals surface area contributed by atoms with Crippen molar-refractivity contribution in [3.05, 3.63) is 40.2 Å². The van der Waals surface area contributed by atoms with E-state index in [-0.39, 0.29) is 16.9 Å². The summed E-state index contributed by atoms with van der Waals surface area (Å²) in [5.74, 6) is 0.763. The molecular formula is C30H39Cl3F4N12O4S2. The van der Waals surface area contributed by atoms with Gasteiger partial charge in [0.1, 0.15) is 34.7 Å². The summed E-state index contributed by atoms with van der Waals surface area (Å²) in [7, 11) is -4.46. The molecular weight excluding hydrogens is 839 g/mol. The number of hydrogen-bond acceptors (Lipinski definition) is 10. The topological polar surface area (TPSA) is 203 Å². The molecule has 55 heavy (non-hydrogen) atoms. The second-order valence-corrected chi connectivity index (χ2v) is 18.7. The van der Waals surface area contributed by atoms with Gasteiger partial charge < -0.3 is 19.4 Å². The van der Waals surface area contributed by atoms with Crippen LogP contribution in [-0.2, 0) is 34.5 Å². The van der Waals surface area contributed by atoms with E-state index < -0.39 is 52.4 Å². The largest absolute Gasteiger partial charge is 0.354 e. The average molecular weight is 878 g/mol. The standard InChI is InChI=1S/C15H19ClF2N6O2S.C8H15F2N3O2S.C7H5Cl2N3/c1-22-4-10(16)12-13(22)14(21-8-20-12)23-6-15(7-23)2-9(3-15)24(5-11(17)18)27(19,25)26;9-7(10)3-13(16(11,14)15)6-1-8(2-6)4-12-5-8;1-12-2-4(8)5-6(12)7(9)11-3-10-5/h4,8-9,11H,2-3,5-7H2,1H3,(H2,19,25,26);6-7,12H,1-5H2,(H2,11,14,15);2-3H,1H3. The molecule has 8 rings (SSSR count). The van der Waals surface area contributed by atoms with Gasteiger partial charge in [-0.2, -0.15) is 25.4 Å². The zero-order valence-corrected chi connectivity index (χ0v) is 33.4. The molecule has 0 atom stereocenters. The lowest BCUT2D eigenvalue weighted by Gasteiger charge is -2.60. The van der Waals surface area contributed by atoms with Crippen molar-refractivity contribution in [2.45, 2.75) is 50.6 Å². The van der Waals surface area contributed by atoms with Crippen LogP contribution < -0.4 is 20.5 Å². The Morgan fingerprint density at radius 2 is 1.20 bits per heavy atom. The molecule has 2 saturated carbocycles. The van der Waals surface area contributed by atoms with Gasteiger partial charge in [-0.15, -0.1) is 0 Å². The smallest absolute Gasteiger partial charge is 0.277 e. The Kier molecular flexibility index (Phi) is 11.9. The van der Waals surface area contributed by atoms with E-state index in [0.717, 1.165) is 38.6 Å². The highest BCUT2D eigenvalue weighted by molar-refractivity contribution is 7.87. The third-order valence-corrected chi connectivity index (χ3v) is 13.5. The molecule has 0 unspecified atom stereocenters. The molecule has 4 aromatic rings. The normalized spacial score (nSPS) is 20.3. The van der Waals surface area contributed by atoms with Gasteiger partial charge in [-0.3, -0.25) is 0 Å². The van der Waals surface area contributed by atoms with Gasteiger partial charge in [0.25, 0.3) is 33.3 Å². The molecule has 304 valence electrons. The minimum atomic E-state index is -4.15. The van der Waals surface area contributed by atoms with Gasteiger partial charge in [0, 0.05) is 70.2 Å². The number of halogens is 7. The van der Waals surface area contributed by atoms with E-state index in [2.05, 4.69) is 30.2 Å². The van der Waals surface area contributed by atoms with E-state index in [1.165, 1.54) is 12.7 Å². The van der Waals surface area contributed by atoms with Gasteiger partial charge in [-0.1, -0.05) is 34.8 Å². The number of hydrogen-bond donors (Lipinski definition) is 3. The molecule has 6 heterocycles. The molecule has 0 bridgehead atoms. The number of nitrogens with zero attached hydrogens (tertiary/aromatic N) is 9. The number of aromatic nitrogens is 6. The van der Waals surface area contributed by atoms with Crippen LogP contribution in [0.1, 0.15) is 25.7 Å². The van der Waals surface area contributed by atoms with Crippen LogP contribution in [0.4, 0.5) is 23.4 Å². The highest BCUT2D eigenvalue weighted by atomic mass is 35.5. The van der Waals surface area contributed by atoms with E-state index in [0.29, 0.717) is 65.0 Å². The van der Waals surface area contributed by atoms with E-state index >= 15 is 0 Å². The summed E-state index contributed by atoms with van der Waals surface area (Å²) in [4.78, 5) is 18.5. The maximum Gasteiger partial charge on any atom is 0.277 e. The monoisotopic (exact) mass is 876 g/mol. The Morgan fingerprint density at radius 1 is 0.764 bits per heavy atom. The van der Waals surface area contributed by atoms with Crippen molar-refractivity contribution in [1.29, 1.82) is 0 Å². The predicted octanol–water partition coefficient (Wildman–Crippen LogP) is 3.15. The second kappa shape index (κ2) is 15.6. The first-order chi connectivity index (χ1) is 25.6. The van der Waals surface area contributed by atoms with Gasteiger partial charge in [-0.05, 0) is 31.1 Å². The zero-order valence-electron chi connectivity index (χ0n) is 29.5. The Labute approximate surface area is 329 Å². The Balaban J connectivity index is 0.000000155. The minimum absolute atomic E-state index is 0.0953. The summed E-state index contributed by atoms with van der Waals surface area (Å²) in [6, 6.07) is -0.836. The molecule has 0 aromatic carbocycles. The van der Waals surface area contributed by atoms with Crippen molar-refractivity contribution >= 4 is 83.1 Å². The van der Waals surface area contributed by atoms with Gasteiger partial charge >= 0.3 is 0 Å². The number of nitrogens with one attached hydrogen (secondary N) is 1. The first-order valence-corrected chi connectivity index (χ1v) is 20.9.